The molecule has 0 nitrogen and oxygen atoms in total. The molecule has 0 aromatic heterocycles. The van der Waals surface area contributed by atoms with Crippen LogP contribution < -0.4 is 0 Å². The van der Waals surface area contributed by atoms with Gasteiger partial charge in [-0.2, -0.15) is 0 Å². The van der Waals surface area contributed by atoms with Gasteiger partial charge in [0.1, 0.15) is 0 Å². The van der Waals surface area contributed by atoms with Crippen molar-refractivity contribution in [2.75, 3.05) is 0 Å². The van der Waals surface area contributed by atoms with Gasteiger partial charge in [0.25, 0.3) is 0 Å². The highest BCUT2D eigenvalue weighted by Crippen LogP contribution is 2.57. The Balaban J connectivity index is 1.85. The van der Waals surface area contributed by atoms with Crippen LogP contribution >= 0.6 is 95.6 Å². The first-order chi connectivity index (χ1) is 15.6. The number of alkyl halides is 6. The lowest BCUT2D eigenvalue weighted by Gasteiger charge is -2.44. The predicted molar refractivity (Wildman–Crippen MR) is 157 cm³/mol. The molecule has 0 atom stereocenters. The molecule has 0 aliphatic heterocycles. The maximum Gasteiger partial charge on any atom is 0.0349 e. The topological polar surface area (TPSA) is 0 Å². The summed E-state index contributed by atoms with van der Waals surface area (Å²) in [4.78, 5) is 0. The van der Waals surface area contributed by atoms with E-state index in [1.54, 1.807) is 0 Å². The van der Waals surface area contributed by atoms with Crippen LogP contribution in [0.15, 0.2) is 36.4 Å². The molecule has 0 saturated heterocycles. The third kappa shape index (κ3) is 3.73. The second-order valence-electron chi connectivity index (χ2n) is 8.42. The Kier molecular flexibility index (Phi) is 7.49. The summed E-state index contributed by atoms with van der Waals surface area (Å²) in [5, 5.41) is 5.27. The van der Waals surface area contributed by atoms with E-state index in [0.717, 1.165) is 32.0 Å². The number of benzene rings is 3. The SMILES string of the molecule is BrCc1cc2c(cc1CBr)C1c3cc(CBr)c(CBr)cc3C2c2cc(CBr)c(CBr)cc21. The van der Waals surface area contributed by atoms with Crippen molar-refractivity contribution >= 4 is 95.6 Å². The second-order valence-corrected chi connectivity index (χ2v) is 11.8. The molecule has 0 heterocycles. The van der Waals surface area contributed by atoms with Crippen LogP contribution in [-0.4, -0.2) is 0 Å². The normalized spacial score (nSPS) is 17.8. The zero-order valence-electron chi connectivity index (χ0n) is 17.1. The van der Waals surface area contributed by atoms with Crippen molar-refractivity contribution in [1.29, 1.82) is 0 Å². The molecule has 0 amide bonds. The van der Waals surface area contributed by atoms with Crippen LogP contribution in [-0.2, 0) is 32.0 Å². The lowest BCUT2D eigenvalue weighted by Crippen LogP contribution is -2.29. The van der Waals surface area contributed by atoms with Crippen molar-refractivity contribution in [3.05, 3.63) is 103 Å². The molecule has 3 aliphatic rings. The average Bonchev–Trinajstić information content (AvgIpc) is 2.85. The van der Waals surface area contributed by atoms with Gasteiger partial charge in [0.15, 0.2) is 0 Å². The summed E-state index contributed by atoms with van der Waals surface area (Å²) in [5.41, 5.74) is 17.2. The van der Waals surface area contributed by atoms with Gasteiger partial charge in [-0.15, -0.1) is 0 Å². The quantitative estimate of drug-likeness (QED) is 0.150. The smallest absolute Gasteiger partial charge is 0.0349 e. The van der Waals surface area contributed by atoms with Crippen LogP contribution in [0.4, 0.5) is 0 Å². The van der Waals surface area contributed by atoms with E-state index in [-0.39, 0.29) is 11.8 Å². The molecule has 0 saturated carbocycles. The van der Waals surface area contributed by atoms with Crippen molar-refractivity contribution in [3.8, 4) is 0 Å². The maximum atomic E-state index is 3.73. The minimum absolute atomic E-state index is 0.284. The summed E-state index contributed by atoms with van der Waals surface area (Å²) in [7, 11) is 0. The van der Waals surface area contributed by atoms with Crippen LogP contribution in [0.3, 0.4) is 0 Å². The molecule has 3 aromatic carbocycles. The van der Waals surface area contributed by atoms with Crippen molar-refractivity contribution in [2.24, 2.45) is 0 Å². The van der Waals surface area contributed by atoms with Gasteiger partial charge in [-0.1, -0.05) is 132 Å². The molecule has 2 bridgehead atoms. The monoisotopic (exact) mass is 806 g/mol. The van der Waals surface area contributed by atoms with Gasteiger partial charge in [-0.25, -0.2) is 0 Å². The van der Waals surface area contributed by atoms with E-state index in [4.69, 9.17) is 0 Å². The van der Waals surface area contributed by atoms with Crippen molar-refractivity contribution < 1.29 is 0 Å². The Labute approximate surface area is 240 Å². The highest BCUT2D eigenvalue weighted by atomic mass is 79.9. The number of halogens is 6. The number of rotatable bonds is 6. The Morgan fingerprint density at radius 3 is 0.625 bits per heavy atom. The van der Waals surface area contributed by atoms with Gasteiger partial charge in [0.2, 0.25) is 0 Å². The van der Waals surface area contributed by atoms with E-state index < -0.39 is 0 Å². The van der Waals surface area contributed by atoms with Gasteiger partial charge in [0, 0.05) is 43.8 Å². The molecule has 3 aromatic rings. The van der Waals surface area contributed by atoms with Gasteiger partial charge in [0.05, 0.1) is 0 Å². The van der Waals surface area contributed by atoms with Gasteiger partial charge in [-0.3, -0.25) is 0 Å². The summed E-state index contributed by atoms with van der Waals surface area (Å²) in [5.74, 6) is 0.568. The van der Waals surface area contributed by atoms with Crippen molar-refractivity contribution in [1.82, 2.24) is 0 Å². The van der Waals surface area contributed by atoms with Crippen LogP contribution in [0.5, 0.6) is 0 Å². The summed E-state index contributed by atoms with van der Waals surface area (Å²) in [6.45, 7) is 0. The highest BCUT2D eigenvalue weighted by molar-refractivity contribution is 9.09. The summed E-state index contributed by atoms with van der Waals surface area (Å²) < 4.78 is 0. The summed E-state index contributed by atoms with van der Waals surface area (Å²) >= 11 is 22.4. The third-order valence-electron chi connectivity index (χ3n) is 6.95. The van der Waals surface area contributed by atoms with Crippen LogP contribution in [0.25, 0.3) is 0 Å². The lowest BCUT2D eigenvalue weighted by atomic mass is 9.60. The standard InChI is InChI=1S/C26H20Br6/c27-7-13-1-19-20(2-14(13)8-28)26-23-5-17(11-31)15(9-29)3-21(23)25(19)22-4-16(10-30)18(12-32)6-24(22)26/h1-6,25-26H,7-12H2. The molecule has 6 heteroatoms. The largest absolute Gasteiger partial charge is 0.0876 e. The van der Waals surface area contributed by atoms with E-state index in [1.165, 1.54) is 66.8 Å². The molecule has 0 fully saturated rings. The Morgan fingerprint density at radius 1 is 0.344 bits per heavy atom. The molecular weight excluding hydrogens is 792 g/mol. The Hall–Kier alpha value is 0.540. The Morgan fingerprint density at radius 2 is 0.500 bits per heavy atom. The zero-order valence-corrected chi connectivity index (χ0v) is 26.6. The maximum absolute atomic E-state index is 3.73. The van der Waals surface area contributed by atoms with E-state index in [9.17, 15) is 0 Å². The average molecular weight is 812 g/mol. The van der Waals surface area contributed by atoms with E-state index in [0.29, 0.717) is 0 Å². The number of hydrogen-bond acceptors (Lipinski definition) is 0. The summed E-state index contributed by atoms with van der Waals surface area (Å²) in [6.07, 6.45) is 0. The molecule has 0 N–H and O–H groups in total. The first kappa shape index (κ1) is 24.2. The van der Waals surface area contributed by atoms with Crippen molar-refractivity contribution in [2.45, 2.75) is 43.8 Å². The summed E-state index contributed by atoms with van der Waals surface area (Å²) in [6, 6.07) is 14.8. The Bertz CT molecular complexity index is 972. The van der Waals surface area contributed by atoms with E-state index >= 15 is 0 Å². The molecule has 3 aliphatic carbocycles. The van der Waals surface area contributed by atoms with Gasteiger partial charge in [-0.05, 0) is 66.8 Å². The molecule has 32 heavy (non-hydrogen) atoms. The minimum atomic E-state index is 0.284. The molecule has 6 rings (SSSR count). The van der Waals surface area contributed by atoms with E-state index in [1.807, 2.05) is 0 Å². The molecule has 166 valence electrons. The second kappa shape index (κ2) is 9.89. The molecule has 0 radical (unpaired) electrons. The number of hydrogen-bond donors (Lipinski definition) is 0. The van der Waals surface area contributed by atoms with Crippen molar-refractivity contribution in [3.63, 3.8) is 0 Å². The molecule has 0 spiro atoms. The fourth-order valence-electron chi connectivity index (χ4n) is 5.43. The van der Waals surface area contributed by atoms with Crippen LogP contribution in [0, 0.1) is 0 Å². The fraction of sp³-hybridized carbons (Fsp3) is 0.308. The van der Waals surface area contributed by atoms with Crippen LogP contribution in [0.1, 0.15) is 78.6 Å². The van der Waals surface area contributed by atoms with Gasteiger partial charge >= 0.3 is 0 Å². The lowest BCUT2D eigenvalue weighted by molar-refractivity contribution is 0.745. The minimum Gasteiger partial charge on any atom is -0.0876 e. The molecule has 0 unspecified atom stereocenters. The fourth-order valence-corrected chi connectivity index (χ4v) is 8.57. The zero-order chi connectivity index (χ0) is 22.6. The third-order valence-corrected chi connectivity index (χ3v) is 10.6. The van der Waals surface area contributed by atoms with Gasteiger partial charge < -0.3 is 0 Å². The highest BCUT2D eigenvalue weighted by Gasteiger charge is 2.42. The first-order valence-electron chi connectivity index (χ1n) is 10.4. The van der Waals surface area contributed by atoms with Crippen LogP contribution in [0.2, 0.25) is 0 Å². The first-order valence-corrected chi connectivity index (χ1v) is 17.1. The van der Waals surface area contributed by atoms with E-state index in [2.05, 4.69) is 132 Å². The predicted octanol–water partition coefficient (Wildman–Crippen LogP) is 10.0. The molecular formula is C26H20Br6.